The molecule has 3 rings (SSSR count). The van der Waals surface area contributed by atoms with Gasteiger partial charge >= 0.3 is 6.03 Å². The van der Waals surface area contributed by atoms with Crippen molar-refractivity contribution in [3.05, 3.63) is 94.5 Å². The van der Waals surface area contributed by atoms with Gasteiger partial charge in [0.25, 0.3) is 0 Å². The first kappa shape index (κ1) is 19.5. The van der Waals surface area contributed by atoms with Gasteiger partial charge in [-0.15, -0.1) is 0 Å². The third kappa shape index (κ3) is 5.86. The summed E-state index contributed by atoms with van der Waals surface area (Å²) in [6, 6.07) is 22.1. The predicted molar refractivity (Wildman–Crippen MR) is 113 cm³/mol. The van der Waals surface area contributed by atoms with Gasteiger partial charge in [-0.2, -0.15) is 5.10 Å². The molecule has 2 N–H and O–H groups in total. The summed E-state index contributed by atoms with van der Waals surface area (Å²) < 4.78 is 5.90. The Kier molecular flexibility index (Phi) is 6.65. The van der Waals surface area contributed by atoms with Gasteiger partial charge in [0.15, 0.2) is 0 Å². The van der Waals surface area contributed by atoms with Crippen LogP contribution in [0.3, 0.4) is 0 Å². The van der Waals surface area contributed by atoms with Gasteiger partial charge in [-0.05, 0) is 42.8 Å². The maximum atomic E-state index is 11.9. The monoisotopic (exact) mass is 393 g/mol. The molecule has 0 heterocycles. The minimum atomic E-state index is -0.462. The quantitative estimate of drug-likeness (QED) is 0.436. The summed E-state index contributed by atoms with van der Waals surface area (Å²) in [5, 5.41) is 7.19. The molecule has 0 atom stereocenters. The lowest BCUT2D eigenvalue weighted by Gasteiger charge is -2.09. The summed E-state index contributed by atoms with van der Waals surface area (Å²) in [5.41, 5.74) is 6.06. The van der Waals surface area contributed by atoms with Crippen molar-refractivity contribution in [2.75, 3.05) is 5.32 Å². The van der Waals surface area contributed by atoms with Crippen molar-refractivity contribution in [3.8, 4) is 5.75 Å². The van der Waals surface area contributed by atoms with Crippen LogP contribution in [0.1, 0.15) is 16.7 Å². The number of anilines is 1. The number of aryl methyl sites for hydroxylation is 1. The highest BCUT2D eigenvalue weighted by Gasteiger charge is 2.03. The number of nitrogens with zero attached hydrogens (tertiary/aromatic N) is 1. The minimum absolute atomic E-state index is 0.452. The number of nitrogens with one attached hydrogen (secondary N) is 2. The van der Waals surface area contributed by atoms with E-state index >= 15 is 0 Å². The number of hydrazone groups is 1. The third-order valence-electron chi connectivity index (χ3n) is 3.89. The molecule has 0 aliphatic rings. The molecule has 0 aliphatic heterocycles. The van der Waals surface area contributed by atoms with Crippen LogP contribution in [0, 0.1) is 6.92 Å². The van der Waals surface area contributed by atoms with Gasteiger partial charge in [-0.3, -0.25) is 0 Å². The molecular formula is C22H20ClN3O2. The molecule has 2 amide bonds. The number of carbonyl (C=O) groups is 1. The van der Waals surface area contributed by atoms with E-state index in [4.69, 9.17) is 16.3 Å². The Morgan fingerprint density at radius 3 is 2.64 bits per heavy atom. The number of amides is 2. The molecule has 0 unspecified atom stereocenters. The molecule has 28 heavy (non-hydrogen) atoms. The molecule has 0 radical (unpaired) electrons. The van der Waals surface area contributed by atoms with Gasteiger partial charge in [0.05, 0.1) is 6.21 Å². The summed E-state index contributed by atoms with van der Waals surface area (Å²) in [6.45, 7) is 2.50. The van der Waals surface area contributed by atoms with Crippen molar-refractivity contribution in [3.63, 3.8) is 0 Å². The van der Waals surface area contributed by atoms with Crippen molar-refractivity contribution < 1.29 is 9.53 Å². The van der Waals surface area contributed by atoms with E-state index in [2.05, 4.69) is 28.0 Å². The van der Waals surface area contributed by atoms with Crippen LogP contribution in [-0.4, -0.2) is 12.2 Å². The van der Waals surface area contributed by atoms with E-state index in [0.29, 0.717) is 23.1 Å². The molecule has 3 aromatic rings. The lowest BCUT2D eigenvalue weighted by atomic mass is 10.1. The number of halogens is 1. The lowest BCUT2D eigenvalue weighted by molar-refractivity contribution is 0.252. The van der Waals surface area contributed by atoms with Crippen LogP contribution in [0.15, 0.2) is 77.9 Å². The first-order chi connectivity index (χ1) is 13.6. The van der Waals surface area contributed by atoms with Crippen molar-refractivity contribution >= 4 is 29.5 Å². The summed E-state index contributed by atoms with van der Waals surface area (Å²) in [5.74, 6) is 0.684. The maximum absolute atomic E-state index is 11.9. The highest BCUT2D eigenvalue weighted by atomic mass is 35.5. The van der Waals surface area contributed by atoms with E-state index in [9.17, 15) is 4.79 Å². The second-order valence-corrected chi connectivity index (χ2v) is 6.58. The van der Waals surface area contributed by atoms with Crippen LogP contribution in [0.25, 0.3) is 0 Å². The topological polar surface area (TPSA) is 62.7 Å². The fourth-order valence-corrected chi connectivity index (χ4v) is 2.64. The third-order valence-corrected chi connectivity index (χ3v) is 4.12. The van der Waals surface area contributed by atoms with E-state index in [0.717, 1.165) is 11.1 Å². The Morgan fingerprint density at radius 2 is 1.86 bits per heavy atom. The number of ether oxygens (including phenoxy) is 1. The van der Waals surface area contributed by atoms with Gasteiger partial charge in [0, 0.05) is 16.3 Å². The Hall–Kier alpha value is -3.31. The molecule has 6 heteroatoms. The van der Waals surface area contributed by atoms with Crippen LogP contribution in [0.2, 0.25) is 5.02 Å². The SMILES string of the molecule is Cc1ccc(COc2ccccc2/C=N\NC(=O)Nc2cccc(Cl)c2)cc1. The molecule has 0 aromatic heterocycles. The van der Waals surface area contributed by atoms with Crippen molar-refractivity contribution in [2.45, 2.75) is 13.5 Å². The van der Waals surface area contributed by atoms with Gasteiger partial charge in [0.2, 0.25) is 0 Å². The molecule has 0 fully saturated rings. The Balaban J connectivity index is 1.57. The number of carbonyl (C=O) groups excluding carboxylic acids is 1. The van der Waals surface area contributed by atoms with Crippen molar-refractivity contribution in [2.24, 2.45) is 5.10 Å². The maximum Gasteiger partial charge on any atom is 0.339 e. The van der Waals surface area contributed by atoms with E-state index in [1.54, 1.807) is 30.5 Å². The van der Waals surface area contributed by atoms with Crippen molar-refractivity contribution in [1.82, 2.24) is 5.43 Å². The van der Waals surface area contributed by atoms with Gasteiger partial charge in [-0.1, -0.05) is 59.6 Å². The number of hydrogen-bond donors (Lipinski definition) is 2. The highest BCUT2D eigenvalue weighted by molar-refractivity contribution is 6.30. The first-order valence-corrected chi connectivity index (χ1v) is 9.11. The molecular weight excluding hydrogens is 374 g/mol. The molecule has 0 aliphatic carbocycles. The Labute approximate surface area is 169 Å². The average molecular weight is 394 g/mol. The average Bonchev–Trinajstić information content (AvgIpc) is 2.68. The van der Waals surface area contributed by atoms with Crippen LogP contribution < -0.4 is 15.5 Å². The minimum Gasteiger partial charge on any atom is -0.488 e. The first-order valence-electron chi connectivity index (χ1n) is 8.73. The smallest absolute Gasteiger partial charge is 0.339 e. The van der Waals surface area contributed by atoms with Crippen LogP contribution in [0.4, 0.5) is 10.5 Å². The summed E-state index contributed by atoms with van der Waals surface area (Å²) >= 11 is 5.90. The molecule has 5 nitrogen and oxygen atoms in total. The largest absolute Gasteiger partial charge is 0.488 e. The van der Waals surface area contributed by atoms with Crippen molar-refractivity contribution in [1.29, 1.82) is 0 Å². The fraction of sp³-hybridized carbons (Fsp3) is 0.0909. The zero-order chi connectivity index (χ0) is 19.8. The number of rotatable bonds is 6. The lowest BCUT2D eigenvalue weighted by Crippen LogP contribution is -2.24. The van der Waals surface area contributed by atoms with E-state index in [1.165, 1.54) is 5.56 Å². The molecule has 0 saturated carbocycles. The molecule has 0 spiro atoms. The highest BCUT2D eigenvalue weighted by Crippen LogP contribution is 2.18. The zero-order valence-corrected chi connectivity index (χ0v) is 16.1. The summed E-state index contributed by atoms with van der Waals surface area (Å²) in [4.78, 5) is 11.9. The molecule has 3 aromatic carbocycles. The summed E-state index contributed by atoms with van der Waals surface area (Å²) in [6.07, 6.45) is 1.54. The van der Waals surface area contributed by atoms with Crippen LogP contribution in [0.5, 0.6) is 5.75 Å². The second-order valence-electron chi connectivity index (χ2n) is 6.15. The summed E-state index contributed by atoms with van der Waals surface area (Å²) in [7, 11) is 0. The number of hydrogen-bond acceptors (Lipinski definition) is 3. The molecule has 0 bridgehead atoms. The number of urea groups is 1. The van der Waals surface area contributed by atoms with Gasteiger partial charge in [-0.25, -0.2) is 10.2 Å². The molecule has 0 saturated heterocycles. The second kappa shape index (κ2) is 9.58. The van der Waals surface area contributed by atoms with Crippen LogP contribution >= 0.6 is 11.6 Å². The predicted octanol–water partition coefficient (Wildman–Crippen LogP) is 5.38. The molecule has 142 valence electrons. The number of para-hydroxylation sites is 1. The standard InChI is InChI=1S/C22H20ClN3O2/c1-16-9-11-17(12-10-16)15-28-21-8-3-2-5-18(21)14-24-26-22(27)25-20-7-4-6-19(23)13-20/h2-14H,15H2,1H3,(H2,25,26,27)/b24-14-. The zero-order valence-electron chi connectivity index (χ0n) is 15.4. The Bertz CT molecular complexity index is 972. The van der Waals surface area contributed by atoms with Gasteiger partial charge < -0.3 is 10.1 Å². The van der Waals surface area contributed by atoms with E-state index < -0.39 is 6.03 Å². The normalized spacial score (nSPS) is 10.6. The van der Waals surface area contributed by atoms with Gasteiger partial charge in [0.1, 0.15) is 12.4 Å². The van der Waals surface area contributed by atoms with E-state index in [-0.39, 0.29) is 0 Å². The number of benzene rings is 3. The van der Waals surface area contributed by atoms with E-state index in [1.807, 2.05) is 43.3 Å². The fourth-order valence-electron chi connectivity index (χ4n) is 2.45. The van der Waals surface area contributed by atoms with Crippen LogP contribution in [-0.2, 0) is 6.61 Å². The Morgan fingerprint density at radius 1 is 1.07 bits per heavy atom.